The first-order valence-corrected chi connectivity index (χ1v) is 5.47. The van der Waals surface area contributed by atoms with E-state index in [4.69, 9.17) is 0 Å². The molecule has 0 aliphatic heterocycles. The Morgan fingerprint density at radius 2 is 1.94 bits per heavy atom. The van der Waals surface area contributed by atoms with Crippen LogP contribution in [0.25, 0.3) is 0 Å². The highest BCUT2D eigenvalue weighted by Gasteiger charge is 2.19. The molecule has 1 saturated carbocycles. The molecular weight excluding hydrogens is 222 g/mol. The van der Waals surface area contributed by atoms with Crippen LogP contribution >= 0.6 is 0 Å². The summed E-state index contributed by atoms with van der Waals surface area (Å²) in [5.41, 5.74) is 0.558. The standard InChI is InChI=1S/C11H13N3O3/c15-11(12-8-2-1-3-8)13-9-4-6-10(7-5-9)14(16)17/h4-8H,1-3H2,(H2,12,13,15). The van der Waals surface area contributed by atoms with Gasteiger partial charge in [-0.05, 0) is 31.4 Å². The van der Waals surface area contributed by atoms with Crippen molar-refractivity contribution in [3.05, 3.63) is 34.4 Å². The summed E-state index contributed by atoms with van der Waals surface area (Å²) in [6.07, 6.45) is 3.20. The fourth-order valence-corrected chi connectivity index (χ4v) is 1.57. The maximum absolute atomic E-state index is 11.5. The molecule has 0 saturated heterocycles. The van der Waals surface area contributed by atoms with Gasteiger partial charge in [-0.25, -0.2) is 4.79 Å². The molecule has 90 valence electrons. The second kappa shape index (κ2) is 4.82. The molecule has 0 unspecified atom stereocenters. The monoisotopic (exact) mass is 235 g/mol. The second-order valence-corrected chi connectivity index (χ2v) is 4.03. The van der Waals surface area contributed by atoms with Crippen molar-refractivity contribution in [1.29, 1.82) is 0 Å². The smallest absolute Gasteiger partial charge is 0.319 e. The summed E-state index contributed by atoms with van der Waals surface area (Å²) in [5.74, 6) is 0. The summed E-state index contributed by atoms with van der Waals surface area (Å²) in [4.78, 5) is 21.4. The topological polar surface area (TPSA) is 84.3 Å². The Morgan fingerprint density at radius 3 is 2.41 bits per heavy atom. The number of anilines is 1. The molecule has 6 heteroatoms. The largest absolute Gasteiger partial charge is 0.335 e. The molecule has 0 atom stereocenters. The number of nitro groups is 1. The number of non-ortho nitro benzene ring substituents is 1. The van der Waals surface area contributed by atoms with Crippen LogP contribution in [-0.2, 0) is 0 Å². The van der Waals surface area contributed by atoms with Crippen molar-refractivity contribution < 1.29 is 9.72 Å². The predicted octanol–water partition coefficient (Wildman–Crippen LogP) is 2.27. The van der Waals surface area contributed by atoms with Crippen molar-refractivity contribution in [3.8, 4) is 0 Å². The summed E-state index contributed by atoms with van der Waals surface area (Å²) >= 11 is 0. The van der Waals surface area contributed by atoms with Crippen LogP contribution < -0.4 is 10.6 Å². The number of nitrogens with one attached hydrogen (secondary N) is 2. The summed E-state index contributed by atoms with van der Waals surface area (Å²) < 4.78 is 0. The van der Waals surface area contributed by atoms with E-state index < -0.39 is 4.92 Å². The molecule has 0 radical (unpaired) electrons. The van der Waals surface area contributed by atoms with E-state index in [2.05, 4.69) is 10.6 Å². The third kappa shape index (κ3) is 2.93. The van der Waals surface area contributed by atoms with Gasteiger partial charge in [0.05, 0.1) is 4.92 Å². The number of carbonyl (C=O) groups excluding carboxylic acids is 1. The van der Waals surface area contributed by atoms with Gasteiger partial charge in [0.2, 0.25) is 0 Å². The predicted molar refractivity (Wildman–Crippen MR) is 62.9 cm³/mol. The number of hydrogen-bond donors (Lipinski definition) is 2. The van der Waals surface area contributed by atoms with Crippen LogP contribution in [0, 0.1) is 10.1 Å². The van der Waals surface area contributed by atoms with E-state index in [1.54, 1.807) is 0 Å². The number of nitro benzene ring substituents is 1. The Balaban J connectivity index is 1.89. The van der Waals surface area contributed by atoms with Crippen molar-refractivity contribution in [1.82, 2.24) is 5.32 Å². The van der Waals surface area contributed by atoms with Gasteiger partial charge >= 0.3 is 6.03 Å². The Morgan fingerprint density at radius 1 is 1.29 bits per heavy atom. The van der Waals surface area contributed by atoms with E-state index in [1.807, 2.05) is 0 Å². The minimum atomic E-state index is -0.474. The molecule has 1 aliphatic rings. The van der Waals surface area contributed by atoms with Crippen LogP contribution in [-0.4, -0.2) is 17.0 Å². The molecule has 0 bridgehead atoms. The maximum Gasteiger partial charge on any atom is 0.319 e. The number of amides is 2. The first-order chi connectivity index (χ1) is 8.15. The number of urea groups is 1. The van der Waals surface area contributed by atoms with Crippen LogP contribution in [0.5, 0.6) is 0 Å². The zero-order valence-electron chi connectivity index (χ0n) is 9.18. The van der Waals surface area contributed by atoms with Gasteiger partial charge < -0.3 is 10.6 Å². The zero-order chi connectivity index (χ0) is 12.3. The third-order valence-electron chi connectivity index (χ3n) is 2.78. The quantitative estimate of drug-likeness (QED) is 0.622. The zero-order valence-corrected chi connectivity index (χ0v) is 9.18. The number of benzene rings is 1. The van der Waals surface area contributed by atoms with Gasteiger partial charge in [-0.2, -0.15) is 0 Å². The Labute approximate surface area is 98.2 Å². The van der Waals surface area contributed by atoms with E-state index in [0.717, 1.165) is 19.3 Å². The summed E-state index contributed by atoms with van der Waals surface area (Å²) in [6, 6.07) is 5.76. The van der Waals surface area contributed by atoms with Crippen molar-refractivity contribution in [3.63, 3.8) is 0 Å². The molecule has 17 heavy (non-hydrogen) atoms. The molecule has 0 aromatic heterocycles. The van der Waals surface area contributed by atoms with Crippen LogP contribution in [0.1, 0.15) is 19.3 Å². The molecule has 6 nitrogen and oxygen atoms in total. The molecule has 2 N–H and O–H groups in total. The summed E-state index contributed by atoms with van der Waals surface area (Å²) in [7, 11) is 0. The highest BCUT2D eigenvalue weighted by atomic mass is 16.6. The van der Waals surface area contributed by atoms with E-state index >= 15 is 0 Å². The maximum atomic E-state index is 11.5. The van der Waals surface area contributed by atoms with Crippen molar-refractivity contribution in [2.45, 2.75) is 25.3 Å². The third-order valence-corrected chi connectivity index (χ3v) is 2.78. The number of nitrogens with zero attached hydrogens (tertiary/aromatic N) is 1. The average molecular weight is 235 g/mol. The summed E-state index contributed by atoms with van der Waals surface area (Å²) in [6.45, 7) is 0. The minimum Gasteiger partial charge on any atom is -0.335 e. The van der Waals surface area contributed by atoms with Gasteiger partial charge in [0.1, 0.15) is 0 Å². The van der Waals surface area contributed by atoms with Gasteiger partial charge in [-0.1, -0.05) is 0 Å². The second-order valence-electron chi connectivity index (χ2n) is 4.03. The van der Waals surface area contributed by atoms with Gasteiger partial charge in [0.15, 0.2) is 0 Å². The number of carbonyl (C=O) groups is 1. The summed E-state index contributed by atoms with van der Waals surface area (Å²) in [5, 5.41) is 15.9. The fourth-order valence-electron chi connectivity index (χ4n) is 1.57. The molecule has 2 rings (SSSR count). The molecule has 0 spiro atoms. The molecule has 0 heterocycles. The number of hydrogen-bond acceptors (Lipinski definition) is 3. The highest BCUT2D eigenvalue weighted by Crippen LogP contribution is 2.19. The molecule has 1 aromatic carbocycles. The lowest BCUT2D eigenvalue weighted by atomic mass is 9.93. The normalized spacial score (nSPS) is 14.8. The van der Waals surface area contributed by atoms with Crippen LogP contribution in [0.4, 0.5) is 16.2 Å². The van der Waals surface area contributed by atoms with Gasteiger partial charge in [-0.15, -0.1) is 0 Å². The van der Waals surface area contributed by atoms with Crippen molar-refractivity contribution >= 4 is 17.4 Å². The van der Waals surface area contributed by atoms with Crippen molar-refractivity contribution in [2.75, 3.05) is 5.32 Å². The van der Waals surface area contributed by atoms with Crippen molar-refractivity contribution in [2.24, 2.45) is 0 Å². The van der Waals surface area contributed by atoms with Crippen LogP contribution in [0.3, 0.4) is 0 Å². The van der Waals surface area contributed by atoms with E-state index in [0.29, 0.717) is 5.69 Å². The average Bonchev–Trinajstić information content (AvgIpc) is 2.24. The highest BCUT2D eigenvalue weighted by molar-refractivity contribution is 5.89. The Kier molecular flexibility index (Phi) is 3.22. The lowest BCUT2D eigenvalue weighted by Gasteiger charge is -2.26. The lowest BCUT2D eigenvalue weighted by Crippen LogP contribution is -2.41. The van der Waals surface area contributed by atoms with Crippen LogP contribution in [0.2, 0.25) is 0 Å². The molecule has 1 fully saturated rings. The minimum absolute atomic E-state index is 0.00921. The van der Waals surface area contributed by atoms with E-state index in [1.165, 1.54) is 24.3 Å². The van der Waals surface area contributed by atoms with Gasteiger partial charge in [0.25, 0.3) is 5.69 Å². The Bertz CT molecular complexity index is 426. The molecular formula is C11H13N3O3. The molecule has 2 amide bonds. The molecule has 1 aliphatic carbocycles. The van der Waals surface area contributed by atoms with E-state index in [-0.39, 0.29) is 17.8 Å². The first-order valence-electron chi connectivity index (χ1n) is 5.47. The molecule has 1 aromatic rings. The van der Waals surface area contributed by atoms with Gasteiger partial charge in [-0.3, -0.25) is 10.1 Å². The van der Waals surface area contributed by atoms with Crippen LogP contribution in [0.15, 0.2) is 24.3 Å². The SMILES string of the molecule is O=C(Nc1ccc([N+](=O)[O-])cc1)NC1CCC1. The number of rotatable bonds is 3. The fraction of sp³-hybridized carbons (Fsp3) is 0.364. The van der Waals surface area contributed by atoms with E-state index in [9.17, 15) is 14.9 Å². The first kappa shape index (κ1) is 11.4. The lowest BCUT2D eigenvalue weighted by molar-refractivity contribution is -0.384. The Hall–Kier alpha value is -2.11. The van der Waals surface area contributed by atoms with Gasteiger partial charge in [0, 0.05) is 23.9 Å².